The van der Waals surface area contributed by atoms with Gasteiger partial charge in [0.15, 0.2) is 0 Å². The first-order valence-electron chi connectivity index (χ1n) is 9.00. The highest BCUT2D eigenvalue weighted by atomic mass is 19.1. The number of hydrogen-bond acceptors (Lipinski definition) is 3. The monoisotopic (exact) mass is 363 g/mol. The van der Waals surface area contributed by atoms with Crippen LogP contribution in [0.3, 0.4) is 0 Å². The zero-order valence-corrected chi connectivity index (χ0v) is 15.5. The normalized spacial score (nSPS) is 23.8. The number of halogens is 1. The number of hydrogen-bond donors (Lipinski definition) is 2. The van der Waals surface area contributed by atoms with Gasteiger partial charge in [0.1, 0.15) is 5.82 Å². The summed E-state index contributed by atoms with van der Waals surface area (Å²) in [7, 11) is 0. The molecule has 142 valence electrons. The minimum atomic E-state index is -0.997. The topological polar surface area (TPSA) is 86.9 Å². The van der Waals surface area contributed by atoms with E-state index in [9.17, 15) is 14.7 Å². The van der Waals surface area contributed by atoms with Crippen LogP contribution >= 0.6 is 0 Å². The molecule has 7 heteroatoms. The Kier molecular flexibility index (Phi) is 4.69. The fourth-order valence-electron chi connectivity index (χ4n) is 4.15. The van der Waals surface area contributed by atoms with Gasteiger partial charge in [-0.15, -0.1) is 0 Å². The van der Waals surface area contributed by atoms with Crippen LogP contribution in [-0.2, 0) is 11.2 Å². The highest BCUT2D eigenvalue weighted by molar-refractivity contribution is 5.99. The van der Waals surface area contributed by atoms with Crippen molar-refractivity contribution in [3.8, 4) is 0 Å². The number of carbonyl (C=O) groups excluding carboxylic acids is 1. The molecule has 1 aromatic rings. The summed E-state index contributed by atoms with van der Waals surface area (Å²) in [6.07, 6.45) is 0.495. The molecule has 6 nitrogen and oxygen atoms in total. The molecule has 26 heavy (non-hydrogen) atoms. The fourth-order valence-corrected chi connectivity index (χ4v) is 4.15. The van der Waals surface area contributed by atoms with Gasteiger partial charge in [-0.2, -0.15) is 0 Å². The average Bonchev–Trinajstić information content (AvgIpc) is 2.77. The number of rotatable bonds is 1. The molecule has 1 aromatic carbocycles. The van der Waals surface area contributed by atoms with Gasteiger partial charge in [0.2, 0.25) is 5.91 Å². The molecule has 3 rings (SSSR count). The molecule has 2 amide bonds. The lowest BCUT2D eigenvalue weighted by molar-refractivity contribution is -0.118. The lowest BCUT2D eigenvalue weighted by atomic mass is 9.79. The summed E-state index contributed by atoms with van der Waals surface area (Å²) in [5.41, 5.74) is 6.82. The van der Waals surface area contributed by atoms with E-state index in [0.29, 0.717) is 43.5 Å². The smallest absolute Gasteiger partial charge is 0.407 e. The predicted octanol–water partition coefficient (Wildman–Crippen LogP) is 2.90. The summed E-state index contributed by atoms with van der Waals surface area (Å²) < 4.78 is 15.4. The van der Waals surface area contributed by atoms with E-state index >= 15 is 4.39 Å². The van der Waals surface area contributed by atoms with E-state index in [0.717, 1.165) is 0 Å². The molecule has 2 aliphatic rings. The Morgan fingerprint density at radius 1 is 1.31 bits per heavy atom. The number of carbonyl (C=O) groups is 2. The number of anilines is 1. The van der Waals surface area contributed by atoms with Crippen LogP contribution in [0.2, 0.25) is 0 Å². The third-order valence-corrected chi connectivity index (χ3v) is 5.29. The van der Waals surface area contributed by atoms with Crippen LogP contribution in [0.5, 0.6) is 0 Å². The third kappa shape index (κ3) is 3.05. The molecular formula is C19H26FN3O3. The van der Waals surface area contributed by atoms with Crippen LogP contribution in [0.4, 0.5) is 14.9 Å². The van der Waals surface area contributed by atoms with Gasteiger partial charge in [0.05, 0.1) is 17.8 Å². The van der Waals surface area contributed by atoms with E-state index in [1.165, 1.54) is 9.80 Å². The van der Waals surface area contributed by atoms with Gasteiger partial charge < -0.3 is 20.6 Å². The first-order chi connectivity index (χ1) is 12.1. The number of nitrogens with two attached hydrogens (primary N) is 1. The van der Waals surface area contributed by atoms with Crippen molar-refractivity contribution in [1.29, 1.82) is 0 Å². The number of nitrogens with zero attached hydrogens (tertiary/aromatic N) is 2. The van der Waals surface area contributed by atoms with E-state index < -0.39 is 29.4 Å². The maximum atomic E-state index is 15.4. The molecule has 0 saturated carbocycles. The lowest BCUT2D eigenvalue weighted by Gasteiger charge is -2.38. The third-order valence-electron chi connectivity index (χ3n) is 5.29. The summed E-state index contributed by atoms with van der Waals surface area (Å²) >= 11 is 0. The molecule has 3 N–H and O–H groups in total. The second kappa shape index (κ2) is 6.54. The predicted molar refractivity (Wildman–Crippen MR) is 96.6 cm³/mol. The van der Waals surface area contributed by atoms with E-state index in [1.807, 2.05) is 20.8 Å². The Hall–Kier alpha value is -2.15. The van der Waals surface area contributed by atoms with Crippen molar-refractivity contribution < 1.29 is 19.1 Å². The molecule has 0 spiro atoms. The van der Waals surface area contributed by atoms with Crippen LogP contribution in [-0.4, -0.2) is 41.1 Å². The summed E-state index contributed by atoms with van der Waals surface area (Å²) in [5.74, 6) is -0.691. The van der Waals surface area contributed by atoms with Crippen LogP contribution in [0.15, 0.2) is 12.1 Å². The lowest BCUT2D eigenvalue weighted by Crippen LogP contribution is -2.40. The van der Waals surface area contributed by atoms with Crippen molar-refractivity contribution in [2.75, 3.05) is 18.0 Å². The van der Waals surface area contributed by atoms with Gasteiger partial charge in [-0.25, -0.2) is 9.18 Å². The average molecular weight is 363 g/mol. The highest BCUT2D eigenvalue weighted by Crippen LogP contribution is 2.43. The summed E-state index contributed by atoms with van der Waals surface area (Å²) in [5, 5.41) is 9.65. The van der Waals surface area contributed by atoms with Gasteiger partial charge in [0.25, 0.3) is 0 Å². The number of carboxylic acid groups (broad SMARTS) is 1. The maximum absolute atomic E-state index is 15.4. The Labute approximate surface area is 152 Å². The summed E-state index contributed by atoms with van der Waals surface area (Å²) in [6.45, 7) is 6.63. The maximum Gasteiger partial charge on any atom is 0.407 e. The second-order valence-corrected chi connectivity index (χ2v) is 8.20. The summed E-state index contributed by atoms with van der Waals surface area (Å²) in [6, 6.07) is 2.34. The fraction of sp³-hybridized carbons (Fsp3) is 0.579. The Bertz CT molecular complexity index is 744. The second-order valence-electron chi connectivity index (χ2n) is 8.20. The van der Waals surface area contributed by atoms with Gasteiger partial charge in [-0.3, -0.25) is 4.79 Å². The Morgan fingerprint density at radius 3 is 2.54 bits per heavy atom. The molecular weight excluding hydrogens is 337 g/mol. The molecule has 0 aromatic heterocycles. The number of fused-ring (bicyclic) bond motifs is 1. The molecule has 2 aliphatic heterocycles. The SMILES string of the molecule is CC(C)(C)C1c2ccc(N3CC[C@H](N)C3=O)c(F)c2CCCN1C(=O)O. The zero-order valence-electron chi connectivity index (χ0n) is 15.5. The van der Waals surface area contributed by atoms with Crippen molar-refractivity contribution in [3.05, 3.63) is 29.1 Å². The van der Waals surface area contributed by atoms with Gasteiger partial charge >= 0.3 is 6.09 Å². The van der Waals surface area contributed by atoms with Gasteiger partial charge in [-0.05, 0) is 41.9 Å². The van der Waals surface area contributed by atoms with E-state index in [-0.39, 0.29) is 11.6 Å². The first kappa shape index (κ1) is 18.6. The van der Waals surface area contributed by atoms with Gasteiger partial charge in [0, 0.05) is 13.1 Å². The largest absolute Gasteiger partial charge is 0.465 e. The molecule has 1 fully saturated rings. The number of benzene rings is 1. The van der Waals surface area contributed by atoms with Crippen molar-refractivity contribution in [1.82, 2.24) is 4.90 Å². The van der Waals surface area contributed by atoms with E-state index in [2.05, 4.69) is 0 Å². The zero-order chi connectivity index (χ0) is 19.2. The van der Waals surface area contributed by atoms with Crippen molar-refractivity contribution in [2.45, 2.75) is 52.1 Å². The Balaban J connectivity index is 2.11. The molecule has 1 saturated heterocycles. The van der Waals surface area contributed by atoms with Crippen molar-refractivity contribution in [2.24, 2.45) is 11.1 Å². The molecule has 0 bridgehead atoms. The van der Waals surface area contributed by atoms with Gasteiger partial charge in [-0.1, -0.05) is 26.8 Å². The highest BCUT2D eigenvalue weighted by Gasteiger charge is 2.39. The van der Waals surface area contributed by atoms with Crippen LogP contribution in [0, 0.1) is 11.2 Å². The molecule has 0 radical (unpaired) electrons. The van der Waals surface area contributed by atoms with Crippen LogP contribution in [0.1, 0.15) is 50.8 Å². The van der Waals surface area contributed by atoms with Crippen molar-refractivity contribution >= 4 is 17.7 Å². The molecule has 0 aliphatic carbocycles. The standard InChI is InChI=1S/C19H26FN3O3/c1-19(2,3)16-12-6-7-14(22-10-8-13(21)17(22)24)15(20)11(12)5-4-9-23(16)18(25)26/h6-7,13,16H,4-5,8-10,21H2,1-3H3,(H,25,26)/t13-,16?/m0/s1. The van der Waals surface area contributed by atoms with Crippen molar-refractivity contribution in [3.63, 3.8) is 0 Å². The number of amides is 2. The quantitative estimate of drug-likeness (QED) is 0.803. The first-order valence-corrected chi connectivity index (χ1v) is 9.00. The van der Waals surface area contributed by atoms with E-state index in [4.69, 9.17) is 5.73 Å². The minimum absolute atomic E-state index is 0.248. The molecule has 1 unspecified atom stereocenters. The van der Waals surface area contributed by atoms with Crippen LogP contribution < -0.4 is 10.6 Å². The molecule has 2 heterocycles. The van der Waals surface area contributed by atoms with Crippen LogP contribution in [0.25, 0.3) is 0 Å². The summed E-state index contributed by atoms with van der Waals surface area (Å²) in [4.78, 5) is 26.8. The minimum Gasteiger partial charge on any atom is -0.465 e. The Morgan fingerprint density at radius 2 is 2.00 bits per heavy atom. The molecule has 2 atom stereocenters. The van der Waals surface area contributed by atoms with E-state index in [1.54, 1.807) is 12.1 Å².